The fraction of sp³-hybridized carbons (Fsp3) is 0.250. The second-order valence-electron chi connectivity index (χ2n) is 5.43. The lowest BCUT2D eigenvalue weighted by atomic mass is 9.81. The number of aryl methyl sites for hydroxylation is 1. The largest absolute Gasteiger partial charge is 0.411 e. The van der Waals surface area contributed by atoms with Gasteiger partial charge in [-0.1, -0.05) is 29.4 Å². The van der Waals surface area contributed by atoms with Crippen molar-refractivity contribution >= 4 is 17.9 Å². The van der Waals surface area contributed by atoms with Crippen molar-refractivity contribution in [2.75, 3.05) is 5.73 Å². The Bertz CT molecular complexity index is 753. The molecule has 0 saturated heterocycles. The molecule has 1 aliphatic rings. The Labute approximate surface area is 127 Å². The molecular formula is C16H16N4O2. The maximum Gasteiger partial charge on any atom is 0.220 e. The van der Waals surface area contributed by atoms with Gasteiger partial charge in [0.25, 0.3) is 0 Å². The van der Waals surface area contributed by atoms with Crippen LogP contribution in [0.15, 0.2) is 29.4 Å². The van der Waals surface area contributed by atoms with Crippen molar-refractivity contribution in [1.82, 2.24) is 9.97 Å². The van der Waals surface area contributed by atoms with Crippen LogP contribution in [-0.2, 0) is 6.42 Å². The molecule has 2 aromatic rings. The molecule has 6 heteroatoms. The van der Waals surface area contributed by atoms with Crippen LogP contribution < -0.4 is 5.73 Å². The van der Waals surface area contributed by atoms with Crippen LogP contribution in [-0.4, -0.2) is 27.2 Å². The fourth-order valence-electron chi connectivity index (χ4n) is 2.95. The number of carbonyl (C=O) groups is 1. The lowest BCUT2D eigenvalue weighted by Gasteiger charge is -2.24. The molecule has 1 unspecified atom stereocenters. The average Bonchev–Trinajstić information content (AvgIpc) is 2.47. The molecule has 0 aliphatic heterocycles. The maximum absolute atomic E-state index is 12.4. The van der Waals surface area contributed by atoms with Crippen molar-refractivity contribution < 1.29 is 10.0 Å². The summed E-state index contributed by atoms with van der Waals surface area (Å²) in [6, 6.07) is 7.60. The standard InChI is InChI=1S/C16H16N4O2/c1-9-15-13(20-16(17)19-9)6-12(7-14(15)21)11-4-2-10(3-5-11)8-18-22/h2-5,8,12,22H,6-7H2,1H3,(H2,17,19,20). The first kappa shape index (κ1) is 14.2. The normalized spacial score (nSPS) is 17.7. The average molecular weight is 296 g/mol. The second-order valence-corrected chi connectivity index (χ2v) is 5.43. The molecule has 0 spiro atoms. The summed E-state index contributed by atoms with van der Waals surface area (Å²) in [6.07, 6.45) is 2.47. The zero-order valence-corrected chi connectivity index (χ0v) is 12.2. The number of oxime groups is 1. The van der Waals surface area contributed by atoms with Crippen molar-refractivity contribution in [1.29, 1.82) is 0 Å². The third kappa shape index (κ3) is 2.55. The van der Waals surface area contributed by atoms with Crippen LogP contribution >= 0.6 is 0 Å². The number of nitrogen functional groups attached to an aromatic ring is 1. The van der Waals surface area contributed by atoms with E-state index >= 15 is 0 Å². The van der Waals surface area contributed by atoms with E-state index in [0.717, 1.165) is 16.8 Å². The van der Waals surface area contributed by atoms with E-state index in [1.54, 1.807) is 6.92 Å². The topological polar surface area (TPSA) is 101 Å². The van der Waals surface area contributed by atoms with Gasteiger partial charge in [-0.2, -0.15) is 0 Å². The van der Waals surface area contributed by atoms with Crippen molar-refractivity contribution in [2.45, 2.75) is 25.7 Å². The predicted molar refractivity (Wildman–Crippen MR) is 82.4 cm³/mol. The predicted octanol–water partition coefficient (Wildman–Crippen LogP) is 2.09. The zero-order chi connectivity index (χ0) is 15.7. The molecule has 0 amide bonds. The number of aromatic nitrogens is 2. The summed E-state index contributed by atoms with van der Waals surface area (Å²) in [6.45, 7) is 1.79. The Morgan fingerprint density at radius 2 is 2.00 bits per heavy atom. The van der Waals surface area contributed by atoms with Gasteiger partial charge >= 0.3 is 0 Å². The third-order valence-corrected chi connectivity index (χ3v) is 3.95. The Morgan fingerprint density at radius 1 is 1.27 bits per heavy atom. The first-order valence-corrected chi connectivity index (χ1v) is 7.02. The van der Waals surface area contributed by atoms with E-state index < -0.39 is 0 Å². The van der Waals surface area contributed by atoms with E-state index in [-0.39, 0.29) is 17.6 Å². The Kier molecular flexibility index (Phi) is 3.58. The van der Waals surface area contributed by atoms with E-state index in [9.17, 15) is 4.79 Å². The van der Waals surface area contributed by atoms with Crippen LogP contribution in [0, 0.1) is 6.92 Å². The summed E-state index contributed by atoms with van der Waals surface area (Å²) < 4.78 is 0. The van der Waals surface area contributed by atoms with Gasteiger partial charge in [0.1, 0.15) is 0 Å². The number of ketones is 1. The molecule has 0 bridgehead atoms. The highest BCUT2D eigenvalue weighted by Gasteiger charge is 2.29. The molecule has 3 rings (SSSR count). The van der Waals surface area contributed by atoms with Gasteiger partial charge in [-0.15, -0.1) is 0 Å². The molecule has 1 aliphatic carbocycles. The summed E-state index contributed by atoms with van der Waals surface area (Å²) in [7, 11) is 0. The number of anilines is 1. The monoisotopic (exact) mass is 296 g/mol. The highest BCUT2D eigenvalue weighted by Crippen LogP contribution is 2.33. The minimum atomic E-state index is 0.0600. The van der Waals surface area contributed by atoms with Gasteiger partial charge in [-0.25, -0.2) is 9.97 Å². The van der Waals surface area contributed by atoms with Gasteiger partial charge in [0.15, 0.2) is 5.78 Å². The first-order chi connectivity index (χ1) is 10.6. The lowest BCUT2D eigenvalue weighted by Crippen LogP contribution is -2.22. The third-order valence-electron chi connectivity index (χ3n) is 3.95. The summed E-state index contributed by atoms with van der Waals surface area (Å²) in [5, 5.41) is 11.5. The van der Waals surface area contributed by atoms with Crippen molar-refractivity contribution in [3.8, 4) is 0 Å². The number of nitrogens with zero attached hydrogens (tertiary/aromatic N) is 3. The highest BCUT2D eigenvalue weighted by atomic mass is 16.4. The first-order valence-electron chi connectivity index (χ1n) is 7.02. The van der Waals surface area contributed by atoms with Crippen LogP contribution in [0.2, 0.25) is 0 Å². The smallest absolute Gasteiger partial charge is 0.220 e. The van der Waals surface area contributed by atoms with Crippen LogP contribution in [0.4, 0.5) is 5.95 Å². The minimum Gasteiger partial charge on any atom is -0.411 e. The van der Waals surface area contributed by atoms with E-state index in [1.165, 1.54) is 6.21 Å². The molecule has 0 radical (unpaired) electrons. The van der Waals surface area contributed by atoms with Crippen LogP contribution in [0.5, 0.6) is 0 Å². The van der Waals surface area contributed by atoms with Crippen LogP contribution in [0.25, 0.3) is 0 Å². The molecule has 112 valence electrons. The SMILES string of the molecule is Cc1nc(N)nc2c1C(=O)CC(c1ccc(C=NO)cc1)C2. The van der Waals surface area contributed by atoms with E-state index in [1.807, 2.05) is 24.3 Å². The van der Waals surface area contributed by atoms with Gasteiger partial charge < -0.3 is 10.9 Å². The van der Waals surface area contributed by atoms with Crippen LogP contribution in [0.3, 0.4) is 0 Å². The zero-order valence-electron chi connectivity index (χ0n) is 12.2. The summed E-state index contributed by atoms with van der Waals surface area (Å²) in [4.78, 5) is 20.7. The van der Waals surface area contributed by atoms with E-state index in [4.69, 9.17) is 10.9 Å². The Morgan fingerprint density at radius 3 is 2.68 bits per heavy atom. The number of Topliss-reactive ketones (excluding diaryl/α,β-unsaturated/α-hetero) is 1. The number of rotatable bonds is 2. The lowest BCUT2D eigenvalue weighted by molar-refractivity contribution is 0.0962. The Hall–Kier alpha value is -2.76. The number of hydrogen-bond donors (Lipinski definition) is 2. The number of benzene rings is 1. The van der Waals surface area contributed by atoms with Gasteiger partial charge in [0.2, 0.25) is 5.95 Å². The van der Waals surface area contributed by atoms with E-state index in [0.29, 0.717) is 24.1 Å². The maximum atomic E-state index is 12.4. The molecule has 3 N–H and O–H groups in total. The number of carbonyl (C=O) groups excluding carboxylic acids is 1. The molecule has 22 heavy (non-hydrogen) atoms. The Balaban J connectivity index is 1.93. The molecule has 6 nitrogen and oxygen atoms in total. The molecule has 1 atom stereocenters. The molecular weight excluding hydrogens is 280 g/mol. The van der Waals surface area contributed by atoms with Crippen molar-refractivity contribution in [3.63, 3.8) is 0 Å². The quantitative estimate of drug-likeness (QED) is 0.502. The van der Waals surface area contributed by atoms with Gasteiger partial charge in [-0.05, 0) is 30.4 Å². The van der Waals surface area contributed by atoms with Crippen LogP contribution in [0.1, 0.15) is 45.2 Å². The van der Waals surface area contributed by atoms with Gasteiger partial charge in [0, 0.05) is 6.42 Å². The molecule has 1 aromatic carbocycles. The summed E-state index contributed by atoms with van der Waals surface area (Å²) >= 11 is 0. The second kappa shape index (κ2) is 5.55. The van der Waals surface area contributed by atoms with Crippen molar-refractivity contribution in [3.05, 3.63) is 52.3 Å². The fourth-order valence-corrected chi connectivity index (χ4v) is 2.95. The molecule has 1 heterocycles. The molecule has 0 fully saturated rings. The highest BCUT2D eigenvalue weighted by molar-refractivity contribution is 5.99. The molecule has 0 saturated carbocycles. The summed E-state index contributed by atoms with van der Waals surface area (Å²) in [5.41, 5.74) is 9.56. The van der Waals surface area contributed by atoms with Crippen molar-refractivity contribution in [2.24, 2.45) is 5.16 Å². The molecule has 1 aromatic heterocycles. The minimum absolute atomic E-state index is 0.0600. The number of hydrogen-bond acceptors (Lipinski definition) is 6. The van der Waals surface area contributed by atoms with Gasteiger partial charge in [-0.3, -0.25) is 4.79 Å². The van der Waals surface area contributed by atoms with E-state index in [2.05, 4.69) is 15.1 Å². The van der Waals surface area contributed by atoms with Gasteiger partial charge in [0.05, 0.1) is 23.2 Å². The number of nitrogens with two attached hydrogens (primary N) is 1. The number of fused-ring (bicyclic) bond motifs is 1. The summed E-state index contributed by atoms with van der Waals surface area (Å²) in [5.74, 6) is 0.345.